The number of hydrogen-bond acceptors (Lipinski definition) is 7. The maximum atomic E-state index is 9.56. The van der Waals surface area contributed by atoms with Gasteiger partial charge in [-0.15, -0.1) is 0 Å². The van der Waals surface area contributed by atoms with Gasteiger partial charge in [0, 0.05) is 12.4 Å². The molecule has 1 N–H and O–H groups in total. The Morgan fingerprint density at radius 2 is 2.04 bits per heavy atom. The minimum absolute atomic E-state index is 0.0202. The first-order chi connectivity index (χ1) is 11.7. The molecule has 0 aliphatic rings. The number of rotatable bonds is 4. The summed E-state index contributed by atoms with van der Waals surface area (Å²) < 4.78 is 0. The second-order valence-corrected chi connectivity index (χ2v) is 4.76. The lowest BCUT2D eigenvalue weighted by Gasteiger charge is -2.07. The molecule has 3 aromatic heterocycles. The number of aromatic nitrogens is 6. The minimum Gasteiger partial charge on any atom is -0.324 e. The zero-order valence-electron chi connectivity index (χ0n) is 12.3. The molecule has 3 rings (SSSR count). The van der Waals surface area contributed by atoms with E-state index in [1.54, 1.807) is 6.07 Å². The fourth-order valence-electron chi connectivity index (χ4n) is 2.20. The number of aromatic amines is 1. The van der Waals surface area contributed by atoms with Crippen LogP contribution in [0.25, 0.3) is 16.1 Å². The second-order valence-electron chi connectivity index (χ2n) is 4.76. The van der Waals surface area contributed by atoms with Gasteiger partial charge in [-0.3, -0.25) is 0 Å². The van der Waals surface area contributed by atoms with Gasteiger partial charge in [-0.25, -0.2) is 31.5 Å². The molecule has 9 heteroatoms. The molecule has 0 aliphatic heterocycles. The fraction of sp³-hybridized carbons (Fsp3) is 0.200. The smallest absolute Gasteiger partial charge is 0.273 e. The monoisotopic (exact) mass is 315 g/mol. The molecule has 0 spiro atoms. The van der Waals surface area contributed by atoms with Crippen LogP contribution in [0, 0.1) is 29.2 Å². The highest BCUT2D eigenvalue weighted by molar-refractivity contribution is 5.65. The molecule has 0 radical (unpaired) electrons. The standard InChI is InChI=1S/C15H9N9/c1-18-8-12-21-9(2-3-16)6-11(22-12)10(7-17)13-23-14-15(24-13)20-5-4-19-14/h4-6,10H,2,8H2,(H,19,20,23,24). The molecule has 0 bridgehead atoms. The van der Waals surface area contributed by atoms with Gasteiger partial charge in [0.05, 0.1) is 29.9 Å². The van der Waals surface area contributed by atoms with E-state index in [1.807, 2.05) is 6.07 Å². The van der Waals surface area contributed by atoms with Crippen LogP contribution in [-0.2, 0) is 13.0 Å². The molecule has 114 valence electrons. The van der Waals surface area contributed by atoms with E-state index in [2.05, 4.69) is 40.8 Å². The van der Waals surface area contributed by atoms with Crippen molar-refractivity contribution in [1.82, 2.24) is 29.9 Å². The highest BCUT2D eigenvalue weighted by Gasteiger charge is 2.22. The number of nitrogens with zero attached hydrogens (tertiary/aromatic N) is 8. The molecular weight excluding hydrogens is 306 g/mol. The van der Waals surface area contributed by atoms with Crippen LogP contribution in [-0.4, -0.2) is 29.9 Å². The Morgan fingerprint density at radius 1 is 1.21 bits per heavy atom. The van der Waals surface area contributed by atoms with E-state index in [4.69, 9.17) is 11.8 Å². The lowest BCUT2D eigenvalue weighted by Crippen LogP contribution is -2.08. The van der Waals surface area contributed by atoms with Crippen LogP contribution in [0.4, 0.5) is 0 Å². The molecule has 1 unspecified atom stereocenters. The first kappa shape index (κ1) is 15.0. The summed E-state index contributed by atoms with van der Waals surface area (Å²) in [7, 11) is 0. The summed E-state index contributed by atoms with van der Waals surface area (Å²) in [4.78, 5) is 27.1. The lowest BCUT2D eigenvalue weighted by molar-refractivity contribution is 0.832. The third-order valence-electron chi connectivity index (χ3n) is 3.18. The number of nitriles is 2. The number of hydrogen-bond donors (Lipinski definition) is 1. The van der Waals surface area contributed by atoms with Gasteiger partial charge in [0.15, 0.2) is 11.3 Å². The summed E-state index contributed by atoms with van der Waals surface area (Å²) in [6, 6.07) is 5.72. The average Bonchev–Trinajstić information content (AvgIpc) is 2.99. The quantitative estimate of drug-likeness (QED) is 0.717. The average molecular weight is 315 g/mol. The van der Waals surface area contributed by atoms with E-state index in [1.165, 1.54) is 12.4 Å². The predicted octanol–water partition coefficient (Wildman–Crippen LogP) is 1.28. The van der Waals surface area contributed by atoms with Crippen molar-refractivity contribution >= 4 is 11.3 Å². The van der Waals surface area contributed by atoms with Crippen molar-refractivity contribution in [3.05, 3.63) is 52.9 Å². The van der Waals surface area contributed by atoms with Crippen molar-refractivity contribution in [2.24, 2.45) is 0 Å². The molecule has 0 aliphatic carbocycles. The zero-order valence-corrected chi connectivity index (χ0v) is 12.3. The van der Waals surface area contributed by atoms with Crippen molar-refractivity contribution in [1.29, 1.82) is 10.5 Å². The van der Waals surface area contributed by atoms with Gasteiger partial charge in [0.1, 0.15) is 11.7 Å². The Bertz CT molecular complexity index is 949. The SMILES string of the molecule is [C-]#[N+]Cc1nc(CC#N)cc(C(C#N)c2nc3nccnc3[nH]2)n1. The van der Waals surface area contributed by atoms with Gasteiger partial charge in [-0.05, 0) is 6.07 Å². The van der Waals surface area contributed by atoms with E-state index in [9.17, 15) is 5.26 Å². The topological polar surface area (TPSA) is 132 Å². The van der Waals surface area contributed by atoms with Gasteiger partial charge in [-0.2, -0.15) is 10.5 Å². The molecule has 9 nitrogen and oxygen atoms in total. The Kier molecular flexibility index (Phi) is 4.05. The van der Waals surface area contributed by atoms with Crippen LogP contribution in [0.2, 0.25) is 0 Å². The predicted molar refractivity (Wildman–Crippen MR) is 80.8 cm³/mol. The summed E-state index contributed by atoms with van der Waals surface area (Å²) in [5, 5.41) is 18.4. The summed E-state index contributed by atoms with van der Waals surface area (Å²) in [6.07, 6.45) is 3.11. The third-order valence-corrected chi connectivity index (χ3v) is 3.18. The van der Waals surface area contributed by atoms with Crippen LogP contribution in [0.15, 0.2) is 18.5 Å². The highest BCUT2D eigenvalue weighted by Crippen LogP contribution is 2.22. The first-order valence-electron chi connectivity index (χ1n) is 6.88. The fourth-order valence-corrected chi connectivity index (χ4v) is 2.20. The lowest BCUT2D eigenvalue weighted by atomic mass is 10.0. The Hall–Kier alpha value is -3.90. The summed E-state index contributed by atoms with van der Waals surface area (Å²) in [6.45, 7) is 6.93. The normalized spacial score (nSPS) is 11.4. The van der Waals surface area contributed by atoms with Crippen molar-refractivity contribution < 1.29 is 0 Å². The maximum absolute atomic E-state index is 9.56. The van der Waals surface area contributed by atoms with Gasteiger partial charge in [-0.1, -0.05) is 0 Å². The minimum atomic E-state index is -0.800. The number of imidazole rings is 1. The van der Waals surface area contributed by atoms with Crippen molar-refractivity contribution in [2.45, 2.75) is 18.9 Å². The second kappa shape index (κ2) is 6.47. The number of H-pyrrole nitrogens is 1. The molecule has 3 aromatic rings. The highest BCUT2D eigenvalue weighted by atomic mass is 15.1. The number of fused-ring (bicyclic) bond motifs is 1. The van der Waals surface area contributed by atoms with E-state index in [0.29, 0.717) is 28.5 Å². The maximum Gasteiger partial charge on any atom is 0.273 e. The van der Waals surface area contributed by atoms with Crippen molar-refractivity contribution in [2.75, 3.05) is 0 Å². The van der Waals surface area contributed by atoms with Crippen molar-refractivity contribution in [3.8, 4) is 12.1 Å². The molecule has 3 heterocycles. The van der Waals surface area contributed by atoms with Crippen LogP contribution < -0.4 is 0 Å². The molecule has 0 saturated carbocycles. The van der Waals surface area contributed by atoms with E-state index in [-0.39, 0.29) is 18.8 Å². The van der Waals surface area contributed by atoms with Gasteiger partial charge >= 0.3 is 0 Å². The van der Waals surface area contributed by atoms with Crippen LogP contribution >= 0.6 is 0 Å². The molecule has 1 atom stereocenters. The molecular formula is C15H9N9. The number of nitrogens with one attached hydrogen (secondary N) is 1. The largest absolute Gasteiger partial charge is 0.324 e. The third kappa shape index (κ3) is 2.85. The van der Waals surface area contributed by atoms with Gasteiger partial charge in [0.25, 0.3) is 6.54 Å². The first-order valence-corrected chi connectivity index (χ1v) is 6.88. The van der Waals surface area contributed by atoms with Gasteiger partial charge in [0.2, 0.25) is 5.82 Å². The summed E-state index contributed by atoms with van der Waals surface area (Å²) >= 11 is 0. The van der Waals surface area contributed by atoms with E-state index >= 15 is 0 Å². The van der Waals surface area contributed by atoms with Crippen LogP contribution in [0.1, 0.15) is 29.0 Å². The Labute approximate surface area is 136 Å². The van der Waals surface area contributed by atoms with E-state index in [0.717, 1.165) is 0 Å². The molecule has 0 aromatic carbocycles. The molecule has 24 heavy (non-hydrogen) atoms. The molecule has 0 fully saturated rings. The molecule has 0 saturated heterocycles. The Balaban J connectivity index is 2.08. The summed E-state index contributed by atoms with van der Waals surface area (Å²) in [5.74, 6) is -0.166. The van der Waals surface area contributed by atoms with Crippen LogP contribution in [0.3, 0.4) is 0 Å². The zero-order chi connectivity index (χ0) is 16.9. The van der Waals surface area contributed by atoms with E-state index < -0.39 is 5.92 Å². The Morgan fingerprint density at radius 3 is 2.75 bits per heavy atom. The van der Waals surface area contributed by atoms with Crippen LogP contribution in [0.5, 0.6) is 0 Å². The van der Waals surface area contributed by atoms with Crippen molar-refractivity contribution in [3.63, 3.8) is 0 Å². The summed E-state index contributed by atoms with van der Waals surface area (Å²) in [5.41, 5.74) is 1.73. The van der Waals surface area contributed by atoms with Gasteiger partial charge < -0.3 is 9.83 Å². The molecule has 0 amide bonds.